The molecule has 7 heteroatoms. The highest BCUT2D eigenvalue weighted by atomic mass is 79.9. The molecule has 88 valence electrons. The quantitative estimate of drug-likeness (QED) is 0.735. The Labute approximate surface area is 106 Å². The standard InChI is InChI=1S/C10H10BrN5O/c1-5-2-6(11)8(3-7(5)12)14-10(17)9-4-13-16-15-9/h2-4H,12H2,1H3,(H,14,17)(H,13,15,16). The van der Waals surface area contributed by atoms with Crippen molar-refractivity contribution in [1.29, 1.82) is 0 Å². The van der Waals surface area contributed by atoms with Gasteiger partial charge in [0.15, 0.2) is 5.69 Å². The number of aromatic amines is 1. The molecule has 1 aromatic carbocycles. The number of hydrogen-bond donors (Lipinski definition) is 3. The lowest BCUT2D eigenvalue weighted by Gasteiger charge is -2.08. The molecule has 17 heavy (non-hydrogen) atoms. The van der Waals surface area contributed by atoms with Gasteiger partial charge in [0.1, 0.15) is 0 Å². The van der Waals surface area contributed by atoms with E-state index in [2.05, 4.69) is 36.7 Å². The van der Waals surface area contributed by atoms with Gasteiger partial charge in [-0.3, -0.25) is 4.79 Å². The molecule has 0 aliphatic rings. The summed E-state index contributed by atoms with van der Waals surface area (Å²) in [5, 5.41) is 12.3. The maximum Gasteiger partial charge on any atom is 0.277 e. The van der Waals surface area contributed by atoms with Crippen LogP contribution in [0.4, 0.5) is 11.4 Å². The summed E-state index contributed by atoms with van der Waals surface area (Å²) in [5.74, 6) is -0.345. The van der Waals surface area contributed by atoms with Gasteiger partial charge >= 0.3 is 0 Å². The molecule has 0 bridgehead atoms. The number of amides is 1. The van der Waals surface area contributed by atoms with Crippen molar-refractivity contribution in [3.63, 3.8) is 0 Å². The number of anilines is 2. The van der Waals surface area contributed by atoms with Crippen LogP contribution in [0.25, 0.3) is 0 Å². The number of nitrogens with two attached hydrogens (primary N) is 1. The molecule has 0 saturated heterocycles. The number of benzene rings is 1. The fourth-order valence-corrected chi connectivity index (χ4v) is 1.84. The molecule has 0 aliphatic heterocycles. The molecule has 0 spiro atoms. The number of nitrogens with one attached hydrogen (secondary N) is 2. The van der Waals surface area contributed by atoms with Crippen molar-refractivity contribution < 1.29 is 4.79 Å². The van der Waals surface area contributed by atoms with Crippen LogP contribution in [0.5, 0.6) is 0 Å². The Morgan fingerprint density at radius 2 is 2.29 bits per heavy atom. The topological polar surface area (TPSA) is 96.7 Å². The Balaban J connectivity index is 2.25. The number of rotatable bonds is 2. The number of aromatic nitrogens is 3. The lowest BCUT2D eigenvalue weighted by molar-refractivity contribution is 0.102. The van der Waals surface area contributed by atoms with Crippen molar-refractivity contribution in [2.45, 2.75) is 6.92 Å². The van der Waals surface area contributed by atoms with Gasteiger partial charge in [-0.25, -0.2) is 0 Å². The molecule has 6 nitrogen and oxygen atoms in total. The summed E-state index contributed by atoms with van der Waals surface area (Å²) >= 11 is 3.36. The van der Waals surface area contributed by atoms with E-state index in [4.69, 9.17) is 5.73 Å². The summed E-state index contributed by atoms with van der Waals surface area (Å²) in [6.45, 7) is 1.89. The molecule has 0 aliphatic carbocycles. The van der Waals surface area contributed by atoms with E-state index >= 15 is 0 Å². The van der Waals surface area contributed by atoms with Crippen molar-refractivity contribution in [3.05, 3.63) is 34.1 Å². The van der Waals surface area contributed by atoms with Crippen LogP contribution in [0, 0.1) is 6.92 Å². The van der Waals surface area contributed by atoms with Gasteiger partial charge in [-0.15, -0.1) is 0 Å². The van der Waals surface area contributed by atoms with E-state index in [0.717, 1.165) is 10.0 Å². The van der Waals surface area contributed by atoms with E-state index in [1.54, 1.807) is 6.07 Å². The highest BCUT2D eigenvalue weighted by molar-refractivity contribution is 9.10. The van der Waals surface area contributed by atoms with Crippen LogP contribution >= 0.6 is 15.9 Å². The number of H-pyrrole nitrogens is 1. The van der Waals surface area contributed by atoms with Gasteiger partial charge in [0.25, 0.3) is 5.91 Å². The average Bonchev–Trinajstić information content (AvgIpc) is 2.79. The first-order valence-corrected chi connectivity index (χ1v) is 5.60. The second-order valence-electron chi connectivity index (χ2n) is 3.50. The summed E-state index contributed by atoms with van der Waals surface area (Å²) in [4.78, 5) is 11.7. The summed E-state index contributed by atoms with van der Waals surface area (Å²) in [6.07, 6.45) is 1.35. The first kappa shape index (κ1) is 11.6. The van der Waals surface area contributed by atoms with Gasteiger partial charge in [0, 0.05) is 10.2 Å². The summed E-state index contributed by atoms with van der Waals surface area (Å²) in [5.41, 5.74) is 8.15. The third-order valence-electron chi connectivity index (χ3n) is 2.25. The molecule has 2 aromatic rings. The number of hydrogen-bond acceptors (Lipinski definition) is 4. The van der Waals surface area contributed by atoms with Gasteiger partial charge < -0.3 is 11.1 Å². The van der Waals surface area contributed by atoms with E-state index in [-0.39, 0.29) is 11.6 Å². The van der Waals surface area contributed by atoms with Crippen LogP contribution in [-0.2, 0) is 0 Å². The van der Waals surface area contributed by atoms with E-state index in [1.165, 1.54) is 6.20 Å². The molecule has 4 N–H and O–H groups in total. The average molecular weight is 296 g/mol. The molecule has 1 heterocycles. The maximum atomic E-state index is 11.7. The molecular formula is C10H10BrN5O. The zero-order chi connectivity index (χ0) is 12.4. The van der Waals surface area contributed by atoms with E-state index < -0.39 is 0 Å². The van der Waals surface area contributed by atoms with Crippen molar-refractivity contribution in [1.82, 2.24) is 15.4 Å². The fraction of sp³-hybridized carbons (Fsp3) is 0.100. The molecule has 0 fully saturated rings. The first-order valence-electron chi connectivity index (χ1n) is 4.80. The second kappa shape index (κ2) is 4.54. The van der Waals surface area contributed by atoms with Gasteiger partial charge in [-0.05, 0) is 40.5 Å². The zero-order valence-electron chi connectivity index (χ0n) is 8.99. The minimum atomic E-state index is -0.345. The van der Waals surface area contributed by atoms with Crippen molar-refractivity contribution in [3.8, 4) is 0 Å². The Hall–Kier alpha value is -1.89. The summed E-state index contributed by atoms with van der Waals surface area (Å²) in [6, 6.07) is 3.53. The predicted molar refractivity (Wildman–Crippen MR) is 67.6 cm³/mol. The summed E-state index contributed by atoms with van der Waals surface area (Å²) < 4.78 is 0.765. The van der Waals surface area contributed by atoms with Gasteiger partial charge in [0.2, 0.25) is 0 Å². The Morgan fingerprint density at radius 3 is 2.94 bits per heavy atom. The SMILES string of the molecule is Cc1cc(Br)c(NC(=O)c2cn[nH]n2)cc1N. The number of carbonyl (C=O) groups excluding carboxylic acids is 1. The fourth-order valence-electron chi connectivity index (χ4n) is 1.28. The molecule has 0 radical (unpaired) electrons. The number of nitrogen functional groups attached to an aromatic ring is 1. The van der Waals surface area contributed by atoms with Crippen LogP contribution in [0.15, 0.2) is 22.8 Å². The van der Waals surface area contributed by atoms with Gasteiger partial charge in [-0.1, -0.05) is 0 Å². The highest BCUT2D eigenvalue weighted by Gasteiger charge is 2.11. The monoisotopic (exact) mass is 295 g/mol. The van der Waals surface area contributed by atoms with Crippen LogP contribution in [0.3, 0.4) is 0 Å². The molecule has 2 rings (SSSR count). The number of nitrogens with zero attached hydrogens (tertiary/aromatic N) is 2. The molecule has 0 atom stereocenters. The highest BCUT2D eigenvalue weighted by Crippen LogP contribution is 2.27. The number of carbonyl (C=O) groups is 1. The molecule has 1 aromatic heterocycles. The summed E-state index contributed by atoms with van der Waals surface area (Å²) in [7, 11) is 0. The predicted octanol–water partition coefficient (Wildman–Crippen LogP) is 1.71. The number of halogens is 1. The van der Waals surface area contributed by atoms with Crippen molar-refractivity contribution in [2.75, 3.05) is 11.1 Å². The zero-order valence-corrected chi connectivity index (χ0v) is 10.6. The minimum Gasteiger partial charge on any atom is -0.398 e. The Morgan fingerprint density at radius 1 is 1.53 bits per heavy atom. The van der Waals surface area contributed by atoms with Crippen molar-refractivity contribution in [2.24, 2.45) is 0 Å². The van der Waals surface area contributed by atoms with Crippen LogP contribution in [0.1, 0.15) is 16.1 Å². The third kappa shape index (κ3) is 2.44. The maximum absolute atomic E-state index is 11.7. The van der Waals surface area contributed by atoms with Crippen molar-refractivity contribution >= 4 is 33.2 Å². The normalized spacial score (nSPS) is 10.2. The smallest absolute Gasteiger partial charge is 0.277 e. The third-order valence-corrected chi connectivity index (χ3v) is 2.91. The van der Waals surface area contributed by atoms with Gasteiger partial charge in [-0.2, -0.15) is 15.4 Å². The number of aryl methyl sites for hydroxylation is 1. The molecule has 0 unspecified atom stereocenters. The minimum absolute atomic E-state index is 0.219. The van der Waals surface area contributed by atoms with Crippen LogP contribution in [0.2, 0.25) is 0 Å². The van der Waals surface area contributed by atoms with E-state index in [9.17, 15) is 4.79 Å². The largest absolute Gasteiger partial charge is 0.398 e. The van der Waals surface area contributed by atoms with Gasteiger partial charge in [0.05, 0.1) is 11.9 Å². The second-order valence-corrected chi connectivity index (χ2v) is 4.35. The lowest BCUT2D eigenvalue weighted by Crippen LogP contribution is -2.13. The Bertz CT molecular complexity index is 552. The molecule has 1 amide bonds. The van der Waals surface area contributed by atoms with Crippen LogP contribution in [-0.4, -0.2) is 21.3 Å². The van der Waals surface area contributed by atoms with Crippen LogP contribution < -0.4 is 11.1 Å². The molecule has 0 saturated carbocycles. The molecular weight excluding hydrogens is 286 g/mol. The Kier molecular flexibility index (Phi) is 3.10. The van der Waals surface area contributed by atoms with E-state index in [1.807, 2.05) is 13.0 Å². The van der Waals surface area contributed by atoms with E-state index in [0.29, 0.717) is 11.4 Å². The first-order chi connectivity index (χ1) is 8.08. The lowest BCUT2D eigenvalue weighted by atomic mass is 10.2.